The second kappa shape index (κ2) is 5.58. The highest BCUT2D eigenvalue weighted by molar-refractivity contribution is 5.28. The molecule has 0 saturated carbocycles. The molecule has 0 aromatic heterocycles. The van der Waals surface area contributed by atoms with Crippen molar-refractivity contribution in [3.63, 3.8) is 0 Å². The van der Waals surface area contributed by atoms with Crippen LogP contribution in [0.15, 0.2) is 18.2 Å². The quantitative estimate of drug-likeness (QED) is 0.614. The van der Waals surface area contributed by atoms with Gasteiger partial charge in [-0.25, -0.2) is 4.39 Å². The van der Waals surface area contributed by atoms with E-state index in [0.29, 0.717) is 12.2 Å². The van der Waals surface area contributed by atoms with Crippen molar-refractivity contribution in [2.45, 2.75) is 39.3 Å². The van der Waals surface area contributed by atoms with Gasteiger partial charge < -0.3 is 4.74 Å². The van der Waals surface area contributed by atoms with E-state index < -0.39 is 5.60 Å². The molecule has 1 aromatic carbocycles. The molecule has 0 bridgehead atoms. The molecule has 0 spiro atoms. The molecule has 0 saturated heterocycles. The van der Waals surface area contributed by atoms with Crippen LogP contribution in [0, 0.1) is 12.7 Å². The predicted octanol–water partition coefficient (Wildman–Crippen LogP) is 2.45. The van der Waals surface area contributed by atoms with Crippen LogP contribution in [0.1, 0.15) is 37.9 Å². The molecule has 1 rings (SSSR count). The fraction of sp³-hybridized carbons (Fsp3) is 0.538. The van der Waals surface area contributed by atoms with Gasteiger partial charge in [-0.2, -0.15) is 0 Å². The summed E-state index contributed by atoms with van der Waals surface area (Å²) >= 11 is 0. The summed E-state index contributed by atoms with van der Waals surface area (Å²) in [6, 6.07) is 4.80. The van der Waals surface area contributed by atoms with Crippen LogP contribution in [0.2, 0.25) is 0 Å². The van der Waals surface area contributed by atoms with Crippen molar-refractivity contribution >= 4 is 0 Å². The third kappa shape index (κ3) is 3.25. The average Bonchev–Trinajstić information content (AvgIpc) is 2.23. The van der Waals surface area contributed by atoms with Crippen LogP contribution < -0.4 is 11.3 Å². The van der Waals surface area contributed by atoms with Crippen molar-refractivity contribution in [1.29, 1.82) is 0 Å². The molecule has 0 fully saturated rings. The van der Waals surface area contributed by atoms with Crippen LogP contribution in [0.3, 0.4) is 0 Å². The molecule has 0 aliphatic carbocycles. The number of nitrogens with two attached hydrogens (primary N) is 1. The predicted molar refractivity (Wildman–Crippen MR) is 66.9 cm³/mol. The van der Waals surface area contributed by atoms with Crippen LogP contribution in [0.5, 0.6) is 0 Å². The number of hydrogen-bond acceptors (Lipinski definition) is 3. The van der Waals surface area contributed by atoms with Gasteiger partial charge in [0, 0.05) is 6.61 Å². The molecular weight excluding hydrogens is 219 g/mol. The van der Waals surface area contributed by atoms with E-state index in [2.05, 4.69) is 5.43 Å². The third-order valence-corrected chi connectivity index (χ3v) is 2.89. The first kappa shape index (κ1) is 14.1. The number of ether oxygens (including phenoxy) is 1. The summed E-state index contributed by atoms with van der Waals surface area (Å²) in [5, 5.41) is 0. The molecule has 1 aromatic rings. The Labute approximate surface area is 102 Å². The molecule has 17 heavy (non-hydrogen) atoms. The molecule has 0 amide bonds. The van der Waals surface area contributed by atoms with Crippen molar-refractivity contribution in [3.8, 4) is 0 Å². The van der Waals surface area contributed by atoms with Gasteiger partial charge in [-0.1, -0.05) is 12.1 Å². The fourth-order valence-electron chi connectivity index (χ4n) is 2.00. The van der Waals surface area contributed by atoms with Crippen molar-refractivity contribution in [1.82, 2.24) is 5.43 Å². The van der Waals surface area contributed by atoms with Crippen LogP contribution in [-0.2, 0) is 4.74 Å². The minimum absolute atomic E-state index is 0.179. The average molecular weight is 240 g/mol. The van der Waals surface area contributed by atoms with Gasteiger partial charge in [0.2, 0.25) is 0 Å². The van der Waals surface area contributed by atoms with Crippen LogP contribution in [0.25, 0.3) is 0 Å². The zero-order valence-electron chi connectivity index (χ0n) is 10.9. The van der Waals surface area contributed by atoms with E-state index in [1.165, 1.54) is 6.07 Å². The second-order valence-corrected chi connectivity index (χ2v) is 4.64. The lowest BCUT2D eigenvalue weighted by atomic mass is 9.91. The minimum Gasteiger partial charge on any atom is -0.374 e. The molecule has 1 atom stereocenters. The summed E-state index contributed by atoms with van der Waals surface area (Å²) in [4.78, 5) is 0. The first-order chi connectivity index (χ1) is 7.92. The standard InChI is InChI=1S/C13H21FN2O/c1-5-17-13(3,4)12(16-15)10-6-7-11(14)9(2)8-10/h6-8,12,16H,5,15H2,1-4H3. The van der Waals surface area contributed by atoms with Gasteiger partial charge in [-0.3, -0.25) is 11.3 Å². The van der Waals surface area contributed by atoms with Crippen LogP contribution in [0.4, 0.5) is 4.39 Å². The highest BCUT2D eigenvalue weighted by atomic mass is 19.1. The zero-order chi connectivity index (χ0) is 13.1. The molecule has 0 aliphatic heterocycles. The number of hydrazine groups is 1. The summed E-state index contributed by atoms with van der Waals surface area (Å²) in [5.74, 6) is 5.38. The van der Waals surface area contributed by atoms with Gasteiger partial charge >= 0.3 is 0 Å². The maximum atomic E-state index is 13.2. The first-order valence-electron chi connectivity index (χ1n) is 5.78. The van der Waals surface area contributed by atoms with Gasteiger partial charge in [-0.05, 0) is 44.9 Å². The van der Waals surface area contributed by atoms with E-state index in [4.69, 9.17) is 10.6 Å². The number of nitrogens with one attached hydrogen (secondary N) is 1. The van der Waals surface area contributed by atoms with Gasteiger partial charge in [0.1, 0.15) is 5.82 Å². The fourth-order valence-corrected chi connectivity index (χ4v) is 2.00. The maximum Gasteiger partial charge on any atom is 0.126 e. The molecule has 0 radical (unpaired) electrons. The Morgan fingerprint density at radius 3 is 2.59 bits per heavy atom. The lowest BCUT2D eigenvalue weighted by Gasteiger charge is -2.34. The molecule has 0 heterocycles. The SMILES string of the molecule is CCOC(C)(C)C(NN)c1ccc(F)c(C)c1. The van der Waals surface area contributed by atoms with Crippen LogP contribution >= 0.6 is 0 Å². The summed E-state index contributed by atoms with van der Waals surface area (Å²) in [6.45, 7) is 8.19. The Morgan fingerprint density at radius 2 is 2.12 bits per heavy atom. The Morgan fingerprint density at radius 1 is 1.47 bits per heavy atom. The van der Waals surface area contributed by atoms with E-state index in [9.17, 15) is 4.39 Å². The van der Waals surface area contributed by atoms with Gasteiger partial charge in [0.15, 0.2) is 0 Å². The first-order valence-corrected chi connectivity index (χ1v) is 5.78. The summed E-state index contributed by atoms with van der Waals surface area (Å²) < 4.78 is 18.9. The van der Waals surface area contributed by atoms with Gasteiger partial charge in [0.25, 0.3) is 0 Å². The largest absolute Gasteiger partial charge is 0.374 e. The topological polar surface area (TPSA) is 47.3 Å². The monoisotopic (exact) mass is 240 g/mol. The Bertz CT molecular complexity index is 380. The molecule has 0 aliphatic rings. The molecule has 96 valence electrons. The van der Waals surface area contributed by atoms with Gasteiger partial charge in [-0.15, -0.1) is 0 Å². The number of benzene rings is 1. The Kier molecular flexibility index (Phi) is 4.62. The molecule has 4 heteroatoms. The number of rotatable bonds is 5. The van der Waals surface area contributed by atoms with E-state index in [0.717, 1.165) is 5.56 Å². The lowest BCUT2D eigenvalue weighted by molar-refractivity contribution is -0.0393. The van der Waals surface area contributed by atoms with E-state index in [1.807, 2.05) is 20.8 Å². The summed E-state index contributed by atoms with van der Waals surface area (Å²) in [6.07, 6.45) is 0. The van der Waals surface area contributed by atoms with E-state index >= 15 is 0 Å². The summed E-state index contributed by atoms with van der Waals surface area (Å²) in [5.41, 5.74) is 3.82. The van der Waals surface area contributed by atoms with Crippen LogP contribution in [-0.4, -0.2) is 12.2 Å². The number of hydrogen-bond donors (Lipinski definition) is 2. The summed E-state index contributed by atoms with van der Waals surface area (Å²) in [7, 11) is 0. The third-order valence-electron chi connectivity index (χ3n) is 2.89. The molecule has 1 unspecified atom stereocenters. The Hall–Kier alpha value is -0.970. The van der Waals surface area contributed by atoms with Crippen molar-refractivity contribution in [2.75, 3.05) is 6.61 Å². The highest BCUT2D eigenvalue weighted by Crippen LogP contribution is 2.29. The molecular formula is C13H21FN2O. The zero-order valence-corrected chi connectivity index (χ0v) is 10.9. The normalized spacial score (nSPS) is 13.8. The lowest BCUT2D eigenvalue weighted by Crippen LogP contribution is -2.44. The number of halogens is 1. The van der Waals surface area contributed by atoms with E-state index in [-0.39, 0.29) is 11.9 Å². The molecule has 3 N–H and O–H groups in total. The molecule has 3 nitrogen and oxygen atoms in total. The minimum atomic E-state index is -0.451. The van der Waals surface area contributed by atoms with Gasteiger partial charge in [0.05, 0.1) is 11.6 Å². The van der Waals surface area contributed by atoms with E-state index in [1.54, 1.807) is 19.1 Å². The van der Waals surface area contributed by atoms with Crippen molar-refractivity contribution in [2.24, 2.45) is 5.84 Å². The number of aryl methyl sites for hydroxylation is 1. The van der Waals surface area contributed by atoms with Crippen molar-refractivity contribution in [3.05, 3.63) is 35.1 Å². The van der Waals surface area contributed by atoms with Crippen molar-refractivity contribution < 1.29 is 9.13 Å². The Balaban J connectivity index is 3.05. The smallest absolute Gasteiger partial charge is 0.126 e. The highest BCUT2D eigenvalue weighted by Gasteiger charge is 2.30. The second-order valence-electron chi connectivity index (χ2n) is 4.64. The maximum absolute atomic E-state index is 13.2.